The summed E-state index contributed by atoms with van der Waals surface area (Å²) in [6.45, 7) is 6.90. The molecule has 0 heterocycles. The van der Waals surface area contributed by atoms with Gasteiger partial charge in [0.25, 0.3) is 0 Å². The van der Waals surface area contributed by atoms with E-state index in [9.17, 15) is 4.79 Å². The Hall–Kier alpha value is -1.05. The maximum absolute atomic E-state index is 11.5. The van der Waals surface area contributed by atoms with E-state index in [1.54, 1.807) is 0 Å². The first kappa shape index (κ1) is 20.9. The number of allylic oxidation sites excluding steroid dienone is 4. The minimum absolute atomic E-state index is 0.0256. The summed E-state index contributed by atoms with van der Waals surface area (Å²) in [6, 6.07) is 0. The highest BCUT2D eigenvalue weighted by atomic mass is 16.5. The molecule has 0 atom stereocenters. The minimum Gasteiger partial charge on any atom is -0.466 e. The summed E-state index contributed by atoms with van der Waals surface area (Å²) in [4.78, 5) is 11.5. The molecule has 0 aromatic rings. The molecule has 0 unspecified atom stereocenters. The van der Waals surface area contributed by atoms with Gasteiger partial charge in [-0.15, -0.1) is 0 Å². The number of carbonyl (C=O) groups excluding carboxylic acids is 1. The fourth-order valence-corrected chi connectivity index (χ4v) is 2.33. The fourth-order valence-electron chi connectivity index (χ4n) is 2.33. The molecule has 0 rings (SSSR count). The first-order valence-corrected chi connectivity index (χ1v) is 9.09. The molecule has 0 aliphatic carbocycles. The van der Waals surface area contributed by atoms with Gasteiger partial charge >= 0.3 is 5.97 Å². The Morgan fingerprint density at radius 2 is 1.45 bits per heavy atom. The van der Waals surface area contributed by atoms with Gasteiger partial charge in [0.2, 0.25) is 0 Å². The van der Waals surface area contributed by atoms with Crippen LogP contribution in [0.15, 0.2) is 23.8 Å². The Morgan fingerprint density at radius 1 is 0.864 bits per heavy atom. The van der Waals surface area contributed by atoms with E-state index >= 15 is 0 Å². The van der Waals surface area contributed by atoms with Crippen LogP contribution in [0.2, 0.25) is 0 Å². The van der Waals surface area contributed by atoms with Crippen LogP contribution in [0.5, 0.6) is 0 Å². The van der Waals surface area contributed by atoms with Crippen LogP contribution in [-0.4, -0.2) is 12.6 Å². The molecule has 0 spiro atoms. The summed E-state index contributed by atoms with van der Waals surface area (Å²) in [5.41, 5.74) is 1.50. The molecule has 128 valence electrons. The number of hydrogen-bond acceptors (Lipinski definition) is 2. The van der Waals surface area contributed by atoms with E-state index in [0.29, 0.717) is 13.0 Å². The molecule has 0 bridgehead atoms. The number of unbranched alkanes of at least 4 members (excludes halogenated alkanes) is 7. The first-order valence-electron chi connectivity index (χ1n) is 9.09. The minimum atomic E-state index is -0.0256. The van der Waals surface area contributed by atoms with Crippen molar-refractivity contribution < 1.29 is 9.53 Å². The van der Waals surface area contributed by atoms with E-state index < -0.39 is 0 Å². The normalized spacial score (nSPS) is 12.0. The second kappa shape index (κ2) is 16.3. The Morgan fingerprint density at radius 3 is 2.05 bits per heavy atom. The molecule has 0 aromatic carbocycles. The van der Waals surface area contributed by atoms with Gasteiger partial charge in [-0.2, -0.15) is 0 Å². The first-order chi connectivity index (χ1) is 10.7. The summed E-state index contributed by atoms with van der Waals surface area (Å²) in [5.74, 6) is -0.0256. The standard InChI is InChI=1S/C20H36O2/c1-4-6-7-15-18-22-20(21)17-14-12-10-8-9-11-13-16-19(3)5-2/h4-6H,7-18H2,1-3H3/b6-4-,19-5+. The Balaban J connectivity index is 3.23. The van der Waals surface area contributed by atoms with Gasteiger partial charge < -0.3 is 4.74 Å². The molecular formula is C20H36O2. The molecule has 0 saturated carbocycles. The van der Waals surface area contributed by atoms with Gasteiger partial charge in [-0.25, -0.2) is 0 Å². The lowest BCUT2D eigenvalue weighted by atomic mass is 10.0. The molecule has 0 aliphatic heterocycles. The van der Waals surface area contributed by atoms with Crippen LogP contribution >= 0.6 is 0 Å². The third kappa shape index (κ3) is 15.3. The summed E-state index contributed by atoms with van der Waals surface area (Å²) < 4.78 is 5.20. The summed E-state index contributed by atoms with van der Waals surface area (Å²) in [5, 5.41) is 0. The molecule has 0 radical (unpaired) electrons. The highest BCUT2D eigenvalue weighted by Gasteiger charge is 2.02. The zero-order valence-corrected chi connectivity index (χ0v) is 15.0. The highest BCUT2D eigenvalue weighted by Crippen LogP contribution is 2.12. The number of rotatable bonds is 14. The van der Waals surface area contributed by atoms with Crippen LogP contribution < -0.4 is 0 Å². The average Bonchev–Trinajstić information content (AvgIpc) is 2.52. The zero-order valence-electron chi connectivity index (χ0n) is 15.0. The molecule has 0 aromatic heterocycles. The average molecular weight is 309 g/mol. The molecule has 2 heteroatoms. The summed E-state index contributed by atoms with van der Waals surface area (Å²) >= 11 is 0. The van der Waals surface area contributed by atoms with Crippen molar-refractivity contribution in [2.45, 2.75) is 91.4 Å². The van der Waals surface area contributed by atoms with Gasteiger partial charge in [0.05, 0.1) is 6.61 Å². The van der Waals surface area contributed by atoms with E-state index in [1.165, 1.54) is 44.1 Å². The van der Waals surface area contributed by atoms with Crippen molar-refractivity contribution in [1.29, 1.82) is 0 Å². The van der Waals surface area contributed by atoms with Crippen molar-refractivity contribution in [3.63, 3.8) is 0 Å². The molecular weight excluding hydrogens is 272 g/mol. The fraction of sp³-hybridized carbons (Fsp3) is 0.750. The van der Waals surface area contributed by atoms with Crippen molar-refractivity contribution in [3.05, 3.63) is 23.8 Å². The smallest absolute Gasteiger partial charge is 0.305 e. The van der Waals surface area contributed by atoms with Crippen LogP contribution in [0.4, 0.5) is 0 Å². The molecule has 0 amide bonds. The Kier molecular flexibility index (Phi) is 15.5. The van der Waals surface area contributed by atoms with Gasteiger partial charge in [-0.3, -0.25) is 4.79 Å². The predicted octanol–water partition coefficient (Wildman–Crippen LogP) is 6.36. The van der Waals surface area contributed by atoms with Crippen LogP contribution in [0.3, 0.4) is 0 Å². The lowest BCUT2D eigenvalue weighted by Gasteiger charge is -2.04. The molecule has 22 heavy (non-hydrogen) atoms. The SMILES string of the molecule is C/C=C\CCCOC(=O)CCCCCCCCC/C(C)=C/C. The van der Waals surface area contributed by atoms with Gasteiger partial charge in [0.15, 0.2) is 0 Å². The summed E-state index contributed by atoms with van der Waals surface area (Å²) in [6.07, 6.45) is 18.8. The van der Waals surface area contributed by atoms with E-state index in [-0.39, 0.29) is 5.97 Å². The lowest BCUT2D eigenvalue weighted by Crippen LogP contribution is -2.05. The lowest BCUT2D eigenvalue weighted by molar-refractivity contribution is -0.143. The van der Waals surface area contributed by atoms with E-state index in [4.69, 9.17) is 4.74 Å². The number of carbonyl (C=O) groups is 1. The quantitative estimate of drug-likeness (QED) is 0.212. The van der Waals surface area contributed by atoms with E-state index in [1.807, 2.05) is 13.0 Å². The van der Waals surface area contributed by atoms with Crippen LogP contribution in [-0.2, 0) is 9.53 Å². The zero-order chi connectivity index (χ0) is 16.5. The van der Waals surface area contributed by atoms with Crippen LogP contribution in [0.1, 0.15) is 91.4 Å². The van der Waals surface area contributed by atoms with E-state index in [0.717, 1.165) is 25.7 Å². The number of hydrogen-bond donors (Lipinski definition) is 0. The molecule has 0 aliphatic rings. The monoisotopic (exact) mass is 308 g/mol. The molecule has 0 N–H and O–H groups in total. The third-order valence-electron chi connectivity index (χ3n) is 3.96. The van der Waals surface area contributed by atoms with Gasteiger partial charge in [-0.1, -0.05) is 55.9 Å². The highest BCUT2D eigenvalue weighted by molar-refractivity contribution is 5.69. The molecule has 0 fully saturated rings. The predicted molar refractivity (Wildman–Crippen MR) is 96.0 cm³/mol. The maximum Gasteiger partial charge on any atom is 0.305 e. The molecule has 0 saturated heterocycles. The van der Waals surface area contributed by atoms with Crippen LogP contribution in [0, 0.1) is 0 Å². The second-order valence-electron chi connectivity index (χ2n) is 6.04. The van der Waals surface area contributed by atoms with Crippen molar-refractivity contribution in [1.82, 2.24) is 0 Å². The second-order valence-corrected chi connectivity index (χ2v) is 6.04. The van der Waals surface area contributed by atoms with Gasteiger partial charge in [0, 0.05) is 6.42 Å². The van der Waals surface area contributed by atoms with Gasteiger partial charge in [-0.05, 0) is 52.9 Å². The largest absolute Gasteiger partial charge is 0.466 e. The number of ether oxygens (including phenoxy) is 1. The third-order valence-corrected chi connectivity index (χ3v) is 3.96. The Bertz CT molecular complexity index is 316. The van der Waals surface area contributed by atoms with Crippen molar-refractivity contribution in [2.24, 2.45) is 0 Å². The van der Waals surface area contributed by atoms with Crippen molar-refractivity contribution in [3.8, 4) is 0 Å². The summed E-state index contributed by atoms with van der Waals surface area (Å²) in [7, 11) is 0. The topological polar surface area (TPSA) is 26.3 Å². The molecule has 2 nitrogen and oxygen atoms in total. The van der Waals surface area contributed by atoms with Crippen molar-refractivity contribution in [2.75, 3.05) is 6.61 Å². The van der Waals surface area contributed by atoms with Crippen molar-refractivity contribution >= 4 is 5.97 Å². The number of esters is 1. The maximum atomic E-state index is 11.5. The van der Waals surface area contributed by atoms with Gasteiger partial charge in [0.1, 0.15) is 0 Å². The Labute approximate surface area is 138 Å². The van der Waals surface area contributed by atoms with E-state index in [2.05, 4.69) is 26.0 Å². The van der Waals surface area contributed by atoms with Crippen LogP contribution in [0.25, 0.3) is 0 Å².